The number of rotatable bonds is 11. The summed E-state index contributed by atoms with van der Waals surface area (Å²) in [5.74, 6) is 2.51. The normalized spacial score (nSPS) is 17.2. The molecule has 2 aliphatic heterocycles. The van der Waals surface area contributed by atoms with E-state index in [9.17, 15) is 14.4 Å². The molecule has 12 N–H and O–H groups in total. The lowest BCUT2D eigenvalue weighted by atomic mass is 10.1. The van der Waals surface area contributed by atoms with Gasteiger partial charge in [0.05, 0.1) is 38.5 Å². The number of carbonyl (C=O) groups is 5. The zero-order valence-electron chi connectivity index (χ0n) is 31.3. The number of likely N-dealkylation sites (N-methyl/N-ethyl adjacent to an activating group) is 4. The van der Waals surface area contributed by atoms with E-state index in [4.69, 9.17) is 40.0 Å². The third-order valence-electron chi connectivity index (χ3n) is 5.57. The van der Waals surface area contributed by atoms with Crippen LogP contribution in [-0.2, 0) is 43.1 Å². The summed E-state index contributed by atoms with van der Waals surface area (Å²) >= 11 is 0. The molecule has 2 amide bonds. The molecule has 4 atom stereocenters. The molecule has 2 saturated heterocycles. The molecule has 0 aromatic carbocycles. The van der Waals surface area contributed by atoms with Gasteiger partial charge in [-0.2, -0.15) is 0 Å². The average molecular weight is 715 g/mol. The number of hydrogen-bond acceptors (Lipinski definition) is 15. The van der Waals surface area contributed by atoms with Gasteiger partial charge in [0.15, 0.2) is 6.29 Å². The molecule has 2 aliphatic rings. The highest BCUT2D eigenvalue weighted by Gasteiger charge is 2.18. The molecule has 2 rings (SSSR count). The van der Waals surface area contributed by atoms with Gasteiger partial charge in [-0.1, -0.05) is 5.16 Å². The molecule has 49 heavy (non-hydrogen) atoms. The number of hydrogen-bond donors (Lipinski definition) is 7. The van der Waals surface area contributed by atoms with Crippen molar-refractivity contribution < 1.29 is 64.8 Å². The molecular formula is C30H66N8O11. The zero-order chi connectivity index (χ0) is 39.2. The van der Waals surface area contributed by atoms with Crippen molar-refractivity contribution in [3.8, 4) is 0 Å². The van der Waals surface area contributed by atoms with Crippen LogP contribution in [0.4, 0.5) is 0 Å². The maximum absolute atomic E-state index is 11.5. The van der Waals surface area contributed by atoms with Crippen molar-refractivity contribution in [1.29, 1.82) is 0 Å². The number of nitrogens with zero attached hydrogens (tertiary/aromatic N) is 1. The first-order valence-corrected chi connectivity index (χ1v) is 16.0. The molecule has 0 aliphatic carbocycles. The highest BCUT2D eigenvalue weighted by Crippen LogP contribution is 2.14. The molecule has 0 aromatic rings. The second-order valence-corrected chi connectivity index (χ2v) is 9.66. The lowest BCUT2D eigenvalue weighted by Crippen LogP contribution is -2.42. The molecule has 0 radical (unpaired) electrons. The standard InChI is InChI=1S/C12H23N3O3.C7H14N2O2.C5H11NO2.2C2H4O2.2CH5N/c1-9(8-10(13-2)12(16)14-3)15-18-11-6-4-5-7-17-11;1-5(10)4-6(8-2)7(11)9-3;6-8-5-3-1-2-4-7-5;2*1-2(3)4;2*1-2/h10-11,13H,4-8H2,1-3H3,(H,14,16);6,8H,4H2,1-3H3,(H,9,11);5H,1-4,6H2;2*1H3,(H,3,4);2*2H2,1H3/t10-,11?;6-;;;;;/m00...../s1. The van der Waals surface area contributed by atoms with Gasteiger partial charge in [-0.15, -0.1) is 0 Å². The minimum atomic E-state index is -1.08. The van der Waals surface area contributed by atoms with Crippen LogP contribution >= 0.6 is 0 Å². The molecule has 0 bridgehead atoms. The second-order valence-electron chi connectivity index (χ2n) is 9.66. The number of oxime groups is 1. The quantitative estimate of drug-likeness (QED) is 0.0785. The van der Waals surface area contributed by atoms with Crippen LogP contribution in [0.25, 0.3) is 0 Å². The van der Waals surface area contributed by atoms with Crippen molar-refractivity contribution in [1.82, 2.24) is 21.3 Å². The minimum Gasteiger partial charge on any atom is -0.550 e. The molecule has 0 saturated carbocycles. The van der Waals surface area contributed by atoms with E-state index < -0.39 is 18.0 Å². The van der Waals surface area contributed by atoms with Crippen LogP contribution in [-0.4, -0.2) is 115 Å². The Morgan fingerprint density at radius 3 is 1.37 bits per heavy atom. The van der Waals surface area contributed by atoms with E-state index >= 15 is 0 Å². The number of carbonyl (C=O) groups excluding carboxylic acids is 5. The number of nitrogens with one attached hydrogen (secondary N) is 4. The summed E-state index contributed by atoms with van der Waals surface area (Å²) in [6.07, 6.45) is 6.71. The average Bonchev–Trinajstić information content (AvgIpc) is 3.10. The number of ether oxygens (including phenoxy) is 2. The molecule has 0 aromatic heterocycles. The number of carboxylic acids is 2. The summed E-state index contributed by atoms with van der Waals surface area (Å²) in [6.45, 7) is 6.78. The van der Waals surface area contributed by atoms with Crippen LogP contribution < -0.4 is 48.8 Å². The van der Waals surface area contributed by atoms with Crippen molar-refractivity contribution in [3.05, 3.63) is 0 Å². The van der Waals surface area contributed by atoms with Crippen molar-refractivity contribution in [3.63, 3.8) is 0 Å². The third kappa shape index (κ3) is 42.7. The number of amides is 2. The molecule has 19 heteroatoms. The van der Waals surface area contributed by atoms with Crippen LogP contribution in [0.1, 0.15) is 79.1 Å². The fourth-order valence-electron chi connectivity index (χ4n) is 3.38. The number of carboxylic acid groups (broad SMARTS) is 2. The van der Waals surface area contributed by atoms with Gasteiger partial charge in [0, 0.05) is 58.3 Å². The molecule has 0 spiro atoms. The lowest BCUT2D eigenvalue weighted by molar-refractivity contribution is -0.325. The number of nitrogens with two attached hydrogens (primary N) is 1. The smallest absolute Gasteiger partial charge is 0.237 e. The number of Topliss-reactive ketones (excluding diaryl/α,β-unsaturated/α-hetero) is 1. The third-order valence-corrected chi connectivity index (χ3v) is 5.57. The highest BCUT2D eigenvalue weighted by atomic mass is 16.8. The van der Waals surface area contributed by atoms with Crippen LogP contribution in [0, 0.1) is 0 Å². The van der Waals surface area contributed by atoms with Crippen LogP contribution in [0.2, 0.25) is 0 Å². The van der Waals surface area contributed by atoms with Gasteiger partial charge in [0.25, 0.3) is 0 Å². The Kier molecular flexibility index (Phi) is 46.0. The largest absolute Gasteiger partial charge is 0.550 e. The Bertz CT molecular complexity index is 836. The van der Waals surface area contributed by atoms with E-state index in [1.165, 1.54) is 13.3 Å². The van der Waals surface area contributed by atoms with Gasteiger partial charge in [-0.3, -0.25) is 19.2 Å². The molecule has 2 unspecified atom stereocenters. The summed E-state index contributed by atoms with van der Waals surface area (Å²) in [5.41, 5.74) is 7.27. The highest BCUT2D eigenvalue weighted by molar-refractivity contribution is 5.90. The van der Waals surface area contributed by atoms with E-state index in [1.807, 2.05) is 6.92 Å². The maximum atomic E-state index is 11.5. The van der Waals surface area contributed by atoms with Gasteiger partial charge in [-0.25, -0.2) is 5.90 Å². The second kappa shape index (κ2) is 40.9. The van der Waals surface area contributed by atoms with E-state index in [0.29, 0.717) is 6.42 Å². The Morgan fingerprint density at radius 1 is 0.735 bits per heavy atom. The fourth-order valence-corrected chi connectivity index (χ4v) is 3.38. The number of ketones is 1. The Hall–Kier alpha value is -3.30. The SMILES string of the molecule is CC(=O)[O-].CC(=O)[O-].CNC(=O)[C@H](CC(C)=NOC1CCCCO1)NC.CNC(=O)[C@H](CC(C)=O)NC.C[NH3+].C[NH3+].NOC1CCCCO1. The molecular weight excluding hydrogens is 648 g/mol. The van der Waals surface area contributed by atoms with Gasteiger partial charge in [0.2, 0.25) is 18.1 Å². The van der Waals surface area contributed by atoms with Crippen LogP contribution in [0.5, 0.6) is 0 Å². The topological polar surface area (TPSA) is 310 Å². The summed E-state index contributed by atoms with van der Waals surface area (Å²) in [4.78, 5) is 60.6. The Labute approximate surface area is 291 Å². The van der Waals surface area contributed by atoms with E-state index in [-0.39, 0.29) is 42.6 Å². The summed E-state index contributed by atoms with van der Waals surface area (Å²) in [5, 5.41) is 32.6. The predicted molar refractivity (Wildman–Crippen MR) is 179 cm³/mol. The fraction of sp³-hybridized carbons (Fsp3) is 0.800. The van der Waals surface area contributed by atoms with Crippen LogP contribution in [0.3, 0.4) is 0 Å². The first kappa shape index (κ1) is 55.1. The zero-order valence-corrected chi connectivity index (χ0v) is 31.3. The van der Waals surface area contributed by atoms with E-state index in [2.05, 4.69) is 42.7 Å². The summed E-state index contributed by atoms with van der Waals surface area (Å²) in [7, 11) is 10.1. The Balaban J connectivity index is -0.000000178. The number of aliphatic carboxylic acids is 2. The van der Waals surface area contributed by atoms with Crippen molar-refractivity contribution in [2.24, 2.45) is 11.1 Å². The maximum Gasteiger partial charge on any atom is 0.237 e. The molecule has 292 valence electrons. The Morgan fingerprint density at radius 2 is 1.10 bits per heavy atom. The number of quaternary nitrogens is 2. The van der Waals surface area contributed by atoms with Crippen molar-refractivity contribution in [2.45, 2.75) is 104 Å². The van der Waals surface area contributed by atoms with Crippen molar-refractivity contribution in [2.75, 3.05) is 55.5 Å². The van der Waals surface area contributed by atoms with Crippen molar-refractivity contribution >= 4 is 35.2 Å². The molecule has 19 nitrogen and oxygen atoms in total. The first-order chi connectivity index (χ1) is 23.2. The van der Waals surface area contributed by atoms with Crippen LogP contribution in [0.15, 0.2) is 5.16 Å². The molecule has 2 fully saturated rings. The van der Waals surface area contributed by atoms with E-state index in [0.717, 1.165) is 64.9 Å². The first-order valence-electron chi connectivity index (χ1n) is 16.0. The van der Waals surface area contributed by atoms with Gasteiger partial charge >= 0.3 is 0 Å². The van der Waals surface area contributed by atoms with Gasteiger partial charge < -0.3 is 66.8 Å². The van der Waals surface area contributed by atoms with E-state index in [1.54, 1.807) is 42.3 Å². The van der Waals surface area contributed by atoms with Gasteiger partial charge in [-0.05, 0) is 67.5 Å². The monoisotopic (exact) mass is 714 g/mol. The van der Waals surface area contributed by atoms with Gasteiger partial charge in [0.1, 0.15) is 5.78 Å². The molecule has 2 heterocycles. The minimum absolute atomic E-state index is 0.00736. The predicted octanol–water partition coefficient (Wildman–Crippen LogP) is -4.44. The lowest BCUT2D eigenvalue weighted by Gasteiger charge is -2.20. The summed E-state index contributed by atoms with van der Waals surface area (Å²) < 4.78 is 10.5. The summed E-state index contributed by atoms with van der Waals surface area (Å²) in [6, 6.07) is -0.674.